The molecule has 0 aliphatic carbocycles. The number of hydrogen-bond donors (Lipinski definition) is 1. The summed E-state index contributed by atoms with van der Waals surface area (Å²) < 4.78 is 24.1. The van der Waals surface area contributed by atoms with Crippen molar-refractivity contribution in [3.63, 3.8) is 0 Å². The summed E-state index contributed by atoms with van der Waals surface area (Å²) in [6, 6.07) is 0. The minimum Gasteiger partial charge on any atom is -0.750 e. The van der Waals surface area contributed by atoms with Gasteiger partial charge in [0, 0.05) is 0 Å². The smallest absolute Gasteiger partial charge is 0.750 e. The van der Waals surface area contributed by atoms with Gasteiger partial charge in [0.15, 0.2) is 0 Å². The molecule has 9 heavy (non-hydrogen) atoms. The molecule has 5 N–H and O–H groups in total. The molecular formula is CH7NaO6S. The van der Waals surface area contributed by atoms with E-state index in [0.29, 0.717) is 0 Å². The monoisotopic (exact) mass is 170 g/mol. The van der Waals surface area contributed by atoms with Crippen molar-refractivity contribution in [1.29, 1.82) is 0 Å². The van der Waals surface area contributed by atoms with Crippen molar-refractivity contribution in [1.82, 2.24) is 0 Å². The van der Waals surface area contributed by atoms with E-state index in [2.05, 4.69) is 0 Å². The van der Waals surface area contributed by atoms with Gasteiger partial charge in [0.1, 0.15) is 6.79 Å². The van der Waals surface area contributed by atoms with Gasteiger partial charge in [0.05, 0.1) is 11.4 Å². The molecule has 0 aromatic heterocycles. The summed E-state index contributed by atoms with van der Waals surface area (Å²) in [7, 11) is 0. The van der Waals surface area contributed by atoms with Crippen LogP contribution in [-0.4, -0.2) is 31.1 Å². The zero-order valence-corrected chi connectivity index (χ0v) is 7.60. The molecule has 0 aliphatic heterocycles. The maximum Gasteiger partial charge on any atom is 1.00 e. The standard InChI is InChI=1S/CH2O.Na.H2O3S.2H2O/c1-2;;1-4(2)3;;/h1H2;;(H2,1,2,3);2*1H2/q;+1;;;/p-1. The third kappa shape index (κ3) is 882. The van der Waals surface area contributed by atoms with Crippen LogP contribution in [0.25, 0.3) is 0 Å². The summed E-state index contributed by atoms with van der Waals surface area (Å²) in [6.07, 6.45) is 0. The van der Waals surface area contributed by atoms with Crippen LogP contribution in [0.4, 0.5) is 0 Å². The molecule has 0 radical (unpaired) electrons. The van der Waals surface area contributed by atoms with Crippen molar-refractivity contribution in [3.8, 4) is 0 Å². The molecule has 54 valence electrons. The normalized spacial score (nSPS) is 7.33. The Morgan fingerprint density at radius 2 is 1.33 bits per heavy atom. The fourth-order valence-electron chi connectivity index (χ4n) is 0. The van der Waals surface area contributed by atoms with Gasteiger partial charge in [-0.05, 0) is 0 Å². The van der Waals surface area contributed by atoms with Crippen LogP contribution >= 0.6 is 0 Å². The van der Waals surface area contributed by atoms with Crippen LogP contribution < -0.4 is 29.6 Å². The molecule has 0 aromatic carbocycles. The summed E-state index contributed by atoms with van der Waals surface area (Å²) in [4.78, 5) is 8.00. The van der Waals surface area contributed by atoms with Gasteiger partial charge >= 0.3 is 29.6 Å². The van der Waals surface area contributed by atoms with Crippen molar-refractivity contribution in [2.75, 3.05) is 0 Å². The molecule has 0 saturated heterocycles. The van der Waals surface area contributed by atoms with Crippen molar-refractivity contribution in [3.05, 3.63) is 0 Å². The average Bonchev–Trinajstić information content (AvgIpc) is 1.41. The van der Waals surface area contributed by atoms with Crippen LogP contribution in [0.3, 0.4) is 0 Å². The first-order valence-electron chi connectivity index (χ1n) is 0.805. The Hall–Kier alpha value is 0.660. The number of rotatable bonds is 0. The molecule has 0 rings (SSSR count). The van der Waals surface area contributed by atoms with Gasteiger partial charge in [-0.2, -0.15) is 0 Å². The minimum atomic E-state index is -2.86. The Labute approximate surface area is 76.7 Å². The Bertz CT molecular complexity index is 44.3. The van der Waals surface area contributed by atoms with Crippen molar-refractivity contribution in [2.24, 2.45) is 0 Å². The molecule has 8 heteroatoms. The van der Waals surface area contributed by atoms with Gasteiger partial charge in [-0.25, -0.2) is 4.21 Å². The second-order valence-electron chi connectivity index (χ2n) is 0.217. The summed E-state index contributed by atoms with van der Waals surface area (Å²) in [5.41, 5.74) is 0. The summed E-state index contributed by atoms with van der Waals surface area (Å²) >= 11 is -2.86. The van der Waals surface area contributed by atoms with Crippen molar-refractivity contribution < 1.29 is 58.6 Å². The van der Waals surface area contributed by atoms with Crippen LogP contribution in [0.5, 0.6) is 0 Å². The van der Waals surface area contributed by atoms with E-state index in [-0.39, 0.29) is 40.5 Å². The fourth-order valence-corrected chi connectivity index (χ4v) is 0. The molecule has 0 aromatic rings. The van der Waals surface area contributed by atoms with E-state index < -0.39 is 11.4 Å². The van der Waals surface area contributed by atoms with E-state index in [0.717, 1.165) is 0 Å². The van der Waals surface area contributed by atoms with Crippen molar-refractivity contribution in [2.45, 2.75) is 0 Å². The first-order valence-corrected chi connectivity index (χ1v) is 1.84. The quantitative estimate of drug-likeness (QED) is 0.286. The van der Waals surface area contributed by atoms with Gasteiger partial charge in [-0.3, -0.25) is 0 Å². The van der Waals surface area contributed by atoms with E-state index in [4.69, 9.17) is 18.1 Å². The van der Waals surface area contributed by atoms with Gasteiger partial charge in [-0.15, -0.1) is 0 Å². The minimum absolute atomic E-state index is 0. The third-order valence-electron chi connectivity index (χ3n) is 0. The van der Waals surface area contributed by atoms with E-state index in [1.54, 1.807) is 0 Å². The SMILES string of the molecule is C=O.O.O.O=S([O-])O.[Na+]. The Morgan fingerprint density at radius 3 is 1.33 bits per heavy atom. The zero-order valence-electron chi connectivity index (χ0n) is 4.79. The van der Waals surface area contributed by atoms with Crippen LogP contribution in [0, 0.1) is 0 Å². The van der Waals surface area contributed by atoms with E-state index in [1.165, 1.54) is 0 Å². The van der Waals surface area contributed by atoms with Crippen LogP contribution in [0.2, 0.25) is 0 Å². The van der Waals surface area contributed by atoms with Crippen LogP contribution in [0.15, 0.2) is 0 Å². The Kier molecular flexibility index (Phi) is 141. The van der Waals surface area contributed by atoms with Gasteiger partial charge in [-0.1, -0.05) is 0 Å². The fraction of sp³-hybridized carbons (Fsp3) is 0. The average molecular weight is 170 g/mol. The third-order valence-corrected chi connectivity index (χ3v) is 0. The molecule has 1 atom stereocenters. The summed E-state index contributed by atoms with van der Waals surface area (Å²) in [5.74, 6) is 0. The van der Waals surface area contributed by atoms with Crippen LogP contribution in [0.1, 0.15) is 0 Å². The first-order chi connectivity index (χ1) is 2.73. The molecule has 0 spiro atoms. The summed E-state index contributed by atoms with van der Waals surface area (Å²) in [6.45, 7) is 2.00. The second-order valence-corrected chi connectivity index (χ2v) is 0.651. The van der Waals surface area contributed by atoms with E-state index in [1.807, 2.05) is 6.79 Å². The van der Waals surface area contributed by atoms with Gasteiger partial charge in [0.2, 0.25) is 0 Å². The molecule has 6 nitrogen and oxygen atoms in total. The molecular weight excluding hydrogens is 163 g/mol. The van der Waals surface area contributed by atoms with Gasteiger partial charge in [0.25, 0.3) is 0 Å². The maximum absolute atomic E-state index is 8.56. The largest absolute Gasteiger partial charge is 1.00 e. The second kappa shape index (κ2) is 37.9. The predicted molar refractivity (Wildman–Crippen MR) is 25.9 cm³/mol. The van der Waals surface area contributed by atoms with Crippen LogP contribution in [-0.2, 0) is 16.2 Å². The van der Waals surface area contributed by atoms with E-state index in [9.17, 15) is 0 Å². The molecule has 1 unspecified atom stereocenters. The molecule has 0 saturated carbocycles. The summed E-state index contributed by atoms with van der Waals surface area (Å²) in [5, 5.41) is 0. The topological polar surface area (TPSA) is 140 Å². The molecule has 0 amide bonds. The molecule has 0 fully saturated rings. The first kappa shape index (κ1) is 33.4. The number of carbonyl (C=O) groups excluding carboxylic acids is 1. The van der Waals surface area contributed by atoms with Gasteiger partial charge < -0.3 is 24.9 Å². The van der Waals surface area contributed by atoms with Crippen molar-refractivity contribution >= 4 is 18.2 Å². The van der Waals surface area contributed by atoms with E-state index >= 15 is 0 Å². The zero-order chi connectivity index (χ0) is 5.58. The molecule has 0 heterocycles. The maximum atomic E-state index is 8.56. The number of carbonyl (C=O) groups is 1. The Morgan fingerprint density at radius 1 is 1.33 bits per heavy atom. The number of hydrogen-bond acceptors (Lipinski definition) is 3. The Balaban J connectivity index is -0.00000000990. The molecule has 0 bridgehead atoms. The molecule has 0 aliphatic rings. The predicted octanol–water partition coefficient (Wildman–Crippen LogP) is -5.49.